The smallest absolute Gasteiger partial charge is 0.374 e. The number of carbonyl (C=O) groups is 2. The van der Waals surface area contributed by atoms with Crippen LogP contribution in [-0.2, 0) is 11.3 Å². The number of ketones is 1. The molecule has 8 heteroatoms. The van der Waals surface area contributed by atoms with E-state index < -0.39 is 12.6 Å². The van der Waals surface area contributed by atoms with E-state index in [1.807, 2.05) is 0 Å². The largest absolute Gasteiger partial charge is 0.486 e. The number of hydrogen-bond acceptors (Lipinski definition) is 7. The van der Waals surface area contributed by atoms with E-state index >= 15 is 0 Å². The molecule has 0 radical (unpaired) electrons. The first kappa shape index (κ1) is 19.5. The van der Waals surface area contributed by atoms with Gasteiger partial charge in [0.25, 0.3) is 0 Å². The lowest BCUT2D eigenvalue weighted by atomic mass is 10.1. The number of furan rings is 1. The molecular formula is C22H17FO7. The SMILES string of the molecule is O=C(COC(=O)c1ccc(COc2ccc(F)cc2)o1)c1ccc2c(c1)OCCO2. The van der Waals surface area contributed by atoms with Crippen molar-refractivity contribution in [2.75, 3.05) is 19.8 Å². The van der Waals surface area contributed by atoms with Crippen LogP contribution in [0.5, 0.6) is 17.2 Å². The number of hydrogen-bond donors (Lipinski definition) is 0. The zero-order valence-electron chi connectivity index (χ0n) is 15.8. The highest BCUT2D eigenvalue weighted by atomic mass is 19.1. The lowest BCUT2D eigenvalue weighted by molar-refractivity contribution is 0.0440. The van der Waals surface area contributed by atoms with Crippen LogP contribution in [0, 0.1) is 5.82 Å². The van der Waals surface area contributed by atoms with E-state index in [0.717, 1.165) is 0 Å². The molecule has 2 aromatic carbocycles. The number of carbonyl (C=O) groups excluding carboxylic acids is 2. The number of rotatable bonds is 7. The van der Waals surface area contributed by atoms with Crippen LogP contribution in [0.4, 0.5) is 4.39 Å². The van der Waals surface area contributed by atoms with Crippen LogP contribution in [0.15, 0.2) is 59.0 Å². The van der Waals surface area contributed by atoms with E-state index in [-0.39, 0.29) is 24.0 Å². The number of ether oxygens (including phenoxy) is 4. The van der Waals surface area contributed by atoms with E-state index in [1.54, 1.807) is 24.3 Å². The van der Waals surface area contributed by atoms with Crippen molar-refractivity contribution >= 4 is 11.8 Å². The molecule has 0 amide bonds. The van der Waals surface area contributed by atoms with E-state index in [1.165, 1.54) is 30.3 Å². The number of Topliss-reactive ketones (excluding diaryl/α,β-unsaturated/α-hetero) is 1. The second-order valence-corrected chi connectivity index (χ2v) is 6.37. The Morgan fingerprint density at radius 3 is 2.50 bits per heavy atom. The first-order valence-corrected chi connectivity index (χ1v) is 9.15. The molecular weight excluding hydrogens is 395 g/mol. The van der Waals surface area contributed by atoms with E-state index in [0.29, 0.717) is 41.8 Å². The average molecular weight is 412 g/mol. The van der Waals surface area contributed by atoms with Gasteiger partial charge in [0.15, 0.2) is 23.9 Å². The molecule has 1 aromatic heterocycles. The summed E-state index contributed by atoms with van der Waals surface area (Å²) in [6.45, 7) is 0.471. The summed E-state index contributed by atoms with van der Waals surface area (Å²) in [5, 5.41) is 0. The molecule has 0 unspecified atom stereocenters. The summed E-state index contributed by atoms with van der Waals surface area (Å²) in [6.07, 6.45) is 0. The summed E-state index contributed by atoms with van der Waals surface area (Å²) in [4.78, 5) is 24.4. The number of esters is 1. The number of fused-ring (bicyclic) bond motifs is 1. The Morgan fingerprint density at radius 2 is 1.70 bits per heavy atom. The average Bonchev–Trinajstić information content (AvgIpc) is 3.26. The van der Waals surface area contributed by atoms with Gasteiger partial charge in [-0.3, -0.25) is 4.79 Å². The molecule has 0 N–H and O–H groups in total. The van der Waals surface area contributed by atoms with Crippen molar-refractivity contribution in [2.45, 2.75) is 6.61 Å². The topological polar surface area (TPSA) is 84.2 Å². The monoisotopic (exact) mass is 412 g/mol. The first-order chi connectivity index (χ1) is 14.6. The van der Waals surface area contributed by atoms with Crippen LogP contribution < -0.4 is 14.2 Å². The molecule has 154 valence electrons. The molecule has 0 bridgehead atoms. The second-order valence-electron chi connectivity index (χ2n) is 6.37. The van der Waals surface area contributed by atoms with E-state index in [4.69, 9.17) is 23.4 Å². The highest BCUT2D eigenvalue weighted by molar-refractivity contribution is 5.99. The quantitative estimate of drug-likeness (QED) is 0.431. The Labute approximate surface area is 170 Å². The maximum atomic E-state index is 12.9. The molecule has 0 saturated heterocycles. The van der Waals surface area contributed by atoms with Gasteiger partial charge in [0, 0.05) is 5.56 Å². The third kappa shape index (κ3) is 4.60. The fourth-order valence-electron chi connectivity index (χ4n) is 2.75. The summed E-state index contributed by atoms with van der Waals surface area (Å²) >= 11 is 0. The third-order valence-electron chi connectivity index (χ3n) is 4.26. The third-order valence-corrected chi connectivity index (χ3v) is 4.26. The highest BCUT2D eigenvalue weighted by Gasteiger charge is 2.18. The molecule has 30 heavy (non-hydrogen) atoms. The molecule has 7 nitrogen and oxygen atoms in total. The summed E-state index contributed by atoms with van der Waals surface area (Å²) < 4.78 is 39.6. The second kappa shape index (κ2) is 8.69. The van der Waals surface area contributed by atoms with E-state index in [2.05, 4.69) is 0 Å². The molecule has 2 heterocycles. The molecule has 1 aliphatic heterocycles. The van der Waals surface area contributed by atoms with Crippen LogP contribution in [0.1, 0.15) is 26.7 Å². The summed E-state index contributed by atoms with van der Waals surface area (Å²) in [7, 11) is 0. The van der Waals surface area contributed by atoms with Crippen LogP contribution in [-0.4, -0.2) is 31.6 Å². The van der Waals surface area contributed by atoms with Crippen LogP contribution >= 0.6 is 0 Å². The zero-order chi connectivity index (χ0) is 20.9. The van der Waals surface area contributed by atoms with Gasteiger partial charge in [-0.1, -0.05) is 0 Å². The summed E-state index contributed by atoms with van der Waals surface area (Å²) in [5.74, 6) is 0.321. The van der Waals surface area contributed by atoms with Crippen LogP contribution in [0.2, 0.25) is 0 Å². The predicted octanol–water partition coefficient (Wildman–Crippen LogP) is 3.81. The van der Waals surface area contributed by atoms with Gasteiger partial charge >= 0.3 is 5.97 Å². The van der Waals surface area contributed by atoms with E-state index in [9.17, 15) is 14.0 Å². The molecule has 3 aromatic rings. The van der Waals surface area contributed by atoms with Crippen molar-refractivity contribution in [3.63, 3.8) is 0 Å². The van der Waals surface area contributed by atoms with Gasteiger partial charge < -0.3 is 23.4 Å². The fourth-order valence-corrected chi connectivity index (χ4v) is 2.75. The maximum Gasteiger partial charge on any atom is 0.374 e. The minimum atomic E-state index is -0.770. The van der Waals surface area contributed by atoms with Crippen molar-refractivity contribution in [2.24, 2.45) is 0 Å². The van der Waals surface area contributed by atoms with Gasteiger partial charge in [-0.15, -0.1) is 0 Å². The highest BCUT2D eigenvalue weighted by Crippen LogP contribution is 2.30. The van der Waals surface area contributed by atoms with Gasteiger partial charge in [-0.25, -0.2) is 9.18 Å². The molecule has 4 rings (SSSR count). The summed E-state index contributed by atoms with van der Waals surface area (Å²) in [5.41, 5.74) is 0.347. The van der Waals surface area contributed by atoms with Crippen molar-refractivity contribution in [3.05, 3.63) is 77.5 Å². The summed E-state index contributed by atoms with van der Waals surface area (Å²) in [6, 6.07) is 13.3. The molecule has 0 aliphatic carbocycles. The van der Waals surface area contributed by atoms with Gasteiger partial charge in [-0.05, 0) is 54.6 Å². The molecule has 0 atom stereocenters. The molecule has 0 spiro atoms. The van der Waals surface area contributed by atoms with Gasteiger partial charge in [0.1, 0.15) is 37.1 Å². The number of benzene rings is 2. The number of halogens is 1. The van der Waals surface area contributed by atoms with Crippen molar-refractivity contribution in [1.29, 1.82) is 0 Å². The van der Waals surface area contributed by atoms with Crippen LogP contribution in [0.3, 0.4) is 0 Å². The van der Waals surface area contributed by atoms with Gasteiger partial charge in [0.2, 0.25) is 5.76 Å². The van der Waals surface area contributed by atoms with Crippen molar-refractivity contribution in [3.8, 4) is 17.2 Å². The lowest BCUT2D eigenvalue weighted by Gasteiger charge is -2.18. The lowest BCUT2D eigenvalue weighted by Crippen LogP contribution is -2.17. The fraction of sp³-hybridized carbons (Fsp3) is 0.182. The van der Waals surface area contributed by atoms with Crippen LogP contribution in [0.25, 0.3) is 0 Å². The molecule has 1 aliphatic rings. The Kier molecular flexibility index (Phi) is 5.65. The molecule has 0 saturated carbocycles. The standard InChI is InChI=1S/C22H17FO7/c23-15-2-4-16(5-3-15)28-12-17-6-8-20(30-17)22(25)29-13-18(24)14-1-7-19-21(11-14)27-10-9-26-19/h1-8,11H,9-10,12-13H2. The Balaban J connectivity index is 1.30. The predicted molar refractivity (Wildman–Crippen MR) is 101 cm³/mol. The molecule has 0 fully saturated rings. The minimum Gasteiger partial charge on any atom is -0.486 e. The minimum absolute atomic E-state index is 0.0506. The first-order valence-electron chi connectivity index (χ1n) is 9.15. The zero-order valence-corrected chi connectivity index (χ0v) is 15.8. The maximum absolute atomic E-state index is 12.9. The van der Waals surface area contributed by atoms with Crippen molar-refractivity contribution in [1.82, 2.24) is 0 Å². The van der Waals surface area contributed by atoms with Crippen molar-refractivity contribution < 1.29 is 37.3 Å². The normalized spacial score (nSPS) is 12.3. The Bertz CT molecular complexity index is 1060. The Morgan fingerprint density at radius 1 is 0.933 bits per heavy atom. The Hall–Kier alpha value is -3.81. The van der Waals surface area contributed by atoms with Gasteiger partial charge in [-0.2, -0.15) is 0 Å². The van der Waals surface area contributed by atoms with Gasteiger partial charge in [0.05, 0.1) is 0 Å².